The molecule has 0 saturated heterocycles. The minimum absolute atomic E-state index is 0.121. The van der Waals surface area contributed by atoms with Gasteiger partial charge in [0.2, 0.25) is 6.23 Å². The van der Waals surface area contributed by atoms with Crippen molar-refractivity contribution < 1.29 is 19.7 Å². The van der Waals surface area contributed by atoms with Gasteiger partial charge in [-0.3, -0.25) is 0 Å². The summed E-state index contributed by atoms with van der Waals surface area (Å²) in [6.45, 7) is 0. The summed E-state index contributed by atoms with van der Waals surface area (Å²) >= 11 is 6.16. The molecule has 0 saturated carbocycles. The minimum atomic E-state index is -0.565. The molecule has 152 valence electrons. The third-order valence-electron chi connectivity index (χ3n) is 5.43. The van der Waals surface area contributed by atoms with Crippen LogP contribution in [0.25, 0.3) is 0 Å². The predicted octanol–water partition coefficient (Wildman–Crippen LogP) is 5.00. The Morgan fingerprint density at radius 1 is 1.10 bits per heavy atom. The summed E-state index contributed by atoms with van der Waals surface area (Å²) < 4.78 is 11.9. The number of nitrogens with zero attached hydrogens (tertiary/aromatic N) is 2. The highest BCUT2D eigenvalue weighted by Gasteiger charge is 2.42. The molecule has 2 unspecified atom stereocenters. The molecule has 0 aromatic heterocycles. The van der Waals surface area contributed by atoms with Crippen molar-refractivity contribution >= 4 is 17.3 Å². The van der Waals surface area contributed by atoms with E-state index in [9.17, 15) is 10.2 Å². The highest BCUT2D eigenvalue weighted by molar-refractivity contribution is 6.31. The van der Waals surface area contributed by atoms with Gasteiger partial charge in [0.25, 0.3) is 0 Å². The second-order valence-corrected chi connectivity index (χ2v) is 7.69. The highest BCUT2D eigenvalue weighted by Crippen LogP contribution is 2.51. The first-order valence-electron chi connectivity index (χ1n) is 9.52. The van der Waals surface area contributed by atoms with Gasteiger partial charge in [0.05, 0.1) is 18.9 Å². The molecule has 0 bridgehead atoms. The van der Waals surface area contributed by atoms with E-state index < -0.39 is 6.23 Å². The third-order valence-corrected chi connectivity index (χ3v) is 5.66. The molecule has 3 aromatic carbocycles. The molecule has 2 heterocycles. The Bertz CT molecular complexity index is 1160. The topological polar surface area (TPSA) is 74.5 Å². The minimum Gasteiger partial charge on any atom is -0.508 e. The van der Waals surface area contributed by atoms with Crippen LogP contribution < -0.4 is 9.47 Å². The number of phenols is 2. The molecular weight excluding hydrogens is 404 g/mol. The summed E-state index contributed by atoms with van der Waals surface area (Å²) in [5, 5.41) is 27.6. The molecule has 7 heteroatoms. The Kier molecular flexibility index (Phi) is 4.44. The number of halogens is 1. The molecule has 6 nitrogen and oxygen atoms in total. The van der Waals surface area contributed by atoms with Crippen LogP contribution in [0.3, 0.4) is 0 Å². The van der Waals surface area contributed by atoms with E-state index >= 15 is 0 Å². The van der Waals surface area contributed by atoms with Crippen LogP contribution in [0.4, 0.5) is 0 Å². The fourth-order valence-corrected chi connectivity index (χ4v) is 4.22. The Morgan fingerprint density at radius 3 is 2.73 bits per heavy atom. The Balaban J connectivity index is 1.65. The number of rotatable bonds is 3. The zero-order chi connectivity index (χ0) is 20.8. The van der Waals surface area contributed by atoms with Crippen LogP contribution >= 0.6 is 11.6 Å². The van der Waals surface area contributed by atoms with E-state index in [0.717, 1.165) is 11.1 Å². The summed E-state index contributed by atoms with van der Waals surface area (Å²) in [4.78, 5) is 0. The summed E-state index contributed by atoms with van der Waals surface area (Å²) in [5.41, 5.74) is 3.02. The van der Waals surface area contributed by atoms with Crippen LogP contribution in [-0.4, -0.2) is 28.0 Å². The molecule has 2 aliphatic heterocycles. The van der Waals surface area contributed by atoms with Gasteiger partial charge >= 0.3 is 0 Å². The fraction of sp³-hybridized carbons (Fsp3) is 0.174. The van der Waals surface area contributed by atoms with E-state index in [-0.39, 0.29) is 17.5 Å². The van der Waals surface area contributed by atoms with Crippen LogP contribution in [0.5, 0.6) is 23.0 Å². The second-order valence-electron chi connectivity index (χ2n) is 7.25. The summed E-state index contributed by atoms with van der Waals surface area (Å²) in [5.74, 6) is 1.56. The molecule has 30 heavy (non-hydrogen) atoms. The number of methoxy groups -OCH3 is 1. The molecule has 0 aliphatic carbocycles. The lowest BCUT2D eigenvalue weighted by molar-refractivity contribution is -0.0210. The first kappa shape index (κ1) is 18.6. The van der Waals surface area contributed by atoms with E-state index in [1.807, 2.05) is 29.3 Å². The molecule has 2 N–H and O–H groups in total. The zero-order valence-corrected chi connectivity index (χ0v) is 16.9. The lowest BCUT2D eigenvalue weighted by Crippen LogP contribution is -2.33. The van der Waals surface area contributed by atoms with Crippen molar-refractivity contribution in [3.8, 4) is 23.0 Å². The number of benzene rings is 3. The normalized spacial score (nSPS) is 19.5. The van der Waals surface area contributed by atoms with Crippen molar-refractivity contribution in [1.29, 1.82) is 0 Å². The van der Waals surface area contributed by atoms with Gasteiger partial charge in [-0.1, -0.05) is 35.9 Å². The van der Waals surface area contributed by atoms with Crippen molar-refractivity contribution in [1.82, 2.24) is 5.01 Å². The summed E-state index contributed by atoms with van der Waals surface area (Å²) in [6.07, 6.45) is -0.00282. The second kappa shape index (κ2) is 7.15. The van der Waals surface area contributed by atoms with Crippen molar-refractivity contribution in [2.24, 2.45) is 5.10 Å². The highest BCUT2D eigenvalue weighted by atomic mass is 35.5. The average molecular weight is 423 g/mol. The fourth-order valence-electron chi connectivity index (χ4n) is 4.05. The molecule has 2 atom stereocenters. The first-order valence-corrected chi connectivity index (χ1v) is 9.90. The lowest BCUT2D eigenvalue weighted by Gasteiger charge is -2.38. The average Bonchev–Trinajstić information content (AvgIpc) is 3.20. The van der Waals surface area contributed by atoms with E-state index in [0.29, 0.717) is 34.2 Å². The standard InChI is InChI=1S/C23H19ClN2O4/c1-29-21-7-3-6-16-19-12-18(17-11-14(24)8-9-20(17)28)25-26(19)23(30-22(16)21)13-4-2-5-15(27)10-13/h2-11,19,23,27-28H,12H2,1H3. The van der Waals surface area contributed by atoms with E-state index in [2.05, 4.69) is 0 Å². The molecule has 0 amide bonds. The molecule has 0 spiro atoms. The number of para-hydroxylation sites is 1. The Morgan fingerprint density at radius 2 is 1.93 bits per heavy atom. The van der Waals surface area contributed by atoms with Gasteiger partial charge in [-0.05, 0) is 36.4 Å². The van der Waals surface area contributed by atoms with Crippen molar-refractivity contribution in [2.45, 2.75) is 18.7 Å². The Hall–Kier alpha value is -3.38. The molecule has 5 rings (SSSR count). The molecule has 0 radical (unpaired) electrons. The summed E-state index contributed by atoms with van der Waals surface area (Å²) in [7, 11) is 1.61. The summed E-state index contributed by atoms with van der Waals surface area (Å²) in [6, 6.07) is 17.5. The monoisotopic (exact) mass is 422 g/mol. The van der Waals surface area contributed by atoms with Gasteiger partial charge in [-0.25, -0.2) is 5.01 Å². The van der Waals surface area contributed by atoms with E-state index in [1.54, 1.807) is 43.5 Å². The number of hydrogen-bond acceptors (Lipinski definition) is 6. The number of hydrogen-bond donors (Lipinski definition) is 2. The Labute approximate surface area is 178 Å². The van der Waals surface area contributed by atoms with Crippen LogP contribution in [0.15, 0.2) is 65.8 Å². The van der Waals surface area contributed by atoms with Gasteiger partial charge in [-0.2, -0.15) is 5.10 Å². The van der Waals surface area contributed by atoms with Crippen LogP contribution in [0.2, 0.25) is 5.02 Å². The molecule has 2 aliphatic rings. The molecule has 3 aromatic rings. The number of fused-ring (bicyclic) bond motifs is 3. The first-order chi connectivity index (χ1) is 14.5. The van der Waals surface area contributed by atoms with E-state index in [1.165, 1.54) is 0 Å². The predicted molar refractivity (Wildman–Crippen MR) is 113 cm³/mol. The maximum Gasteiger partial charge on any atom is 0.214 e. The van der Waals surface area contributed by atoms with Gasteiger partial charge < -0.3 is 19.7 Å². The number of ether oxygens (including phenoxy) is 2. The number of aromatic hydroxyl groups is 2. The van der Waals surface area contributed by atoms with E-state index in [4.69, 9.17) is 26.2 Å². The lowest BCUT2D eigenvalue weighted by atomic mass is 9.95. The maximum atomic E-state index is 10.4. The zero-order valence-electron chi connectivity index (χ0n) is 16.1. The van der Waals surface area contributed by atoms with Gasteiger partial charge in [0, 0.05) is 28.1 Å². The SMILES string of the molecule is COc1cccc2c1OC(c1cccc(O)c1)N1N=C(c3cc(Cl)ccc3O)CC21. The van der Waals surface area contributed by atoms with Crippen LogP contribution in [0.1, 0.15) is 35.4 Å². The van der Waals surface area contributed by atoms with Gasteiger partial charge in [-0.15, -0.1) is 0 Å². The van der Waals surface area contributed by atoms with Crippen LogP contribution in [0, 0.1) is 0 Å². The molecular formula is C23H19ClN2O4. The smallest absolute Gasteiger partial charge is 0.214 e. The van der Waals surface area contributed by atoms with Gasteiger partial charge in [0.1, 0.15) is 11.5 Å². The largest absolute Gasteiger partial charge is 0.508 e. The third kappa shape index (κ3) is 3.00. The van der Waals surface area contributed by atoms with Crippen molar-refractivity contribution in [3.05, 3.63) is 82.4 Å². The van der Waals surface area contributed by atoms with Gasteiger partial charge in [0.15, 0.2) is 11.5 Å². The van der Waals surface area contributed by atoms with Crippen molar-refractivity contribution in [3.63, 3.8) is 0 Å². The van der Waals surface area contributed by atoms with Crippen LogP contribution in [-0.2, 0) is 0 Å². The number of hydrazone groups is 1. The molecule has 0 fully saturated rings. The maximum absolute atomic E-state index is 10.4. The quantitative estimate of drug-likeness (QED) is 0.621. The number of phenolic OH excluding ortho intramolecular Hbond substituents is 2. The van der Waals surface area contributed by atoms with Crippen molar-refractivity contribution in [2.75, 3.05) is 7.11 Å².